The first-order valence-corrected chi connectivity index (χ1v) is 9.22. The molecule has 3 heterocycles. The van der Waals surface area contributed by atoms with Crippen LogP contribution in [0.25, 0.3) is 11.4 Å². The van der Waals surface area contributed by atoms with Gasteiger partial charge in [-0.25, -0.2) is 14.8 Å². The Morgan fingerprint density at radius 1 is 1.29 bits per heavy atom. The first-order valence-electron chi connectivity index (χ1n) is 9.22. The van der Waals surface area contributed by atoms with E-state index in [4.69, 9.17) is 0 Å². The third-order valence-corrected chi connectivity index (χ3v) is 4.46. The van der Waals surface area contributed by atoms with Crippen LogP contribution < -0.4 is 5.32 Å². The van der Waals surface area contributed by atoms with Gasteiger partial charge in [0.15, 0.2) is 0 Å². The van der Waals surface area contributed by atoms with Gasteiger partial charge in [-0.05, 0) is 23.3 Å². The van der Waals surface area contributed by atoms with Crippen LogP contribution in [-0.2, 0) is 26.6 Å². The number of hydrogen-bond donors (Lipinski definition) is 1. The number of fused-ring (bicyclic) bond motifs is 1. The Morgan fingerprint density at radius 2 is 2.14 bits per heavy atom. The van der Waals surface area contributed by atoms with Gasteiger partial charge in [-0.1, -0.05) is 26.0 Å². The molecule has 4 rings (SSSR count). The van der Waals surface area contributed by atoms with Crippen LogP contribution in [0.15, 0.2) is 30.5 Å². The summed E-state index contributed by atoms with van der Waals surface area (Å²) in [4.78, 5) is 24.9. The van der Waals surface area contributed by atoms with E-state index in [2.05, 4.69) is 44.5 Å². The molecule has 9 heteroatoms. The van der Waals surface area contributed by atoms with Crippen LogP contribution in [0, 0.1) is 5.92 Å². The number of carbonyl (C=O) groups excluding carboxylic acids is 1. The molecule has 1 aliphatic rings. The third-order valence-electron chi connectivity index (χ3n) is 4.46. The fraction of sp³-hybridized carbons (Fsp3) is 0.368. The van der Waals surface area contributed by atoms with Crippen molar-refractivity contribution in [2.24, 2.45) is 13.0 Å². The van der Waals surface area contributed by atoms with Crippen LogP contribution in [0.2, 0.25) is 0 Å². The van der Waals surface area contributed by atoms with E-state index in [0.717, 1.165) is 29.1 Å². The molecule has 3 aromatic rings. The lowest BCUT2D eigenvalue weighted by Crippen LogP contribution is -2.30. The number of urea groups is 1. The van der Waals surface area contributed by atoms with Crippen LogP contribution in [0.5, 0.6) is 0 Å². The number of hydrogen-bond acceptors (Lipinski definition) is 6. The highest BCUT2D eigenvalue weighted by Crippen LogP contribution is 2.23. The van der Waals surface area contributed by atoms with Gasteiger partial charge in [0, 0.05) is 29.4 Å². The maximum atomic E-state index is 12.7. The molecule has 0 aliphatic carbocycles. The lowest BCUT2D eigenvalue weighted by atomic mass is 10.1. The average Bonchev–Trinajstić information content (AvgIpc) is 3.27. The lowest BCUT2D eigenvalue weighted by molar-refractivity contribution is 0.212. The molecule has 0 bridgehead atoms. The Kier molecular flexibility index (Phi) is 4.72. The van der Waals surface area contributed by atoms with Gasteiger partial charge in [-0.15, -0.1) is 10.2 Å². The summed E-state index contributed by atoms with van der Waals surface area (Å²) in [6, 6.07) is 7.22. The minimum atomic E-state index is -0.173. The molecule has 2 amide bonds. The second kappa shape index (κ2) is 7.34. The summed E-state index contributed by atoms with van der Waals surface area (Å²) in [5.74, 6) is 1.84. The van der Waals surface area contributed by atoms with Crippen molar-refractivity contribution in [3.8, 4) is 11.4 Å². The van der Waals surface area contributed by atoms with Crippen molar-refractivity contribution in [1.82, 2.24) is 35.1 Å². The van der Waals surface area contributed by atoms with Crippen molar-refractivity contribution in [1.29, 1.82) is 0 Å². The Labute approximate surface area is 162 Å². The molecule has 0 saturated carbocycles. The molecule has 2 aromatic heterocycles. The molecule has 9 nitrogen and oxygen atoms in total. The maximum Gasteiger partial charge on any atom is 0.322 e. The molecule has 0 unspecified atom stereocenters. The van der Waals surface area contributed by atoms with Gasteiger partial charge in [0.25, 0.3) is 0 Å². The summed E-state index contributed by atoms with van der Waals surface area (Å²) in [6.07, 6.45) is 2.68. The van der Waals surface area contributed by atoms with Crippen LogP contribution >= 0.6 is 0 Å². The number of nitrogens with zero attached hydrogens (tertiary/aromatic N) is 7. The van der Waals surface area contributed by atoms with Gasteiger partial charge in [0.1, 0.15) is 5.82 Å². The number of anilines is 1. The highest BCUT2D eigenvalue weighted by atomic mass is 16.2. The predicted octanol–water partition coefficient (Wildman–Crippen LogP) is 2.41. The largest absolute Gasteiger partial charge is 0.322 e. The number of rotatable bonds is 4. The molecule has 1 aliphatic heterocycles. The van der Waals surface area contributed by atoms with Crippen molar-refractivity contribution in [2.75, 3.05) is 5.32 Å². The predicted molar refractivity (Wildman–Crippen MR) is 103 cm³/mol. The van der Waals surface area contributed by atoms with Crippen molar-refractivity contribution in [2.45, 2.75) is 33.4 Å². The zero-order chi connectivity index (χ0) is 19.7. The van der Waals surface area contributed by atoms with Gasteiger partial charge >= 0.3 is 6.03 Å². The van der Waals surface area contributed by atoms with Crippen LogP contribution in [0.1, 0.15) is 30.9 Å². The summed E-state index contributed by atoms with van der Waals surface area (Å²) >= 11 is 0. The van der Waals surface area contributed by atoms with Crippen LogP contribution in [-0.4, -0.2) is 41.1 Å². The molecule has 144 valence electrons. The molecule has 1 N–H and O–H groups in total. The van der Waals surface area contributed by atoms with Gasteiger partial charge in [-0.3, -0.25) is 0 Å². The minimum Gasteiger partial charge on any atom is -0.314 e. The van der Waals surface area contributed by atoms with E-state index in [1.165, 1.54) is 4.80 Å². The summed E-state index contributed by atoms with van der Waals surface area (Å²) in [5, 5.41) is 15.0. The minimum absolute atomic E-state index is 0.173. The fourth-order valence-electron chi connectivity index (χ4n) is 3.14. The molecule has 0 radical (unpaired) electrons. The zero-order valence-electron chi connectivity index (χ0n) is 16.1. The van der Waals surface area contributed by atoms with Gasteiger partial charge in [0.05, 0.1) is 25.8 Å². The quantitative estimate of drug-likeness (QED) is 0.748. The topological polar surface area (TPSA) is 102 Å². The highest BCUT2D eigenvalue weighted by molar-refractivity contribution is 5.90. The van der Waals surface area contributed by atoms with Gasteiger partial charge in [0.2, 0.25) is 5.82 Å². The second-order valence-corrected chi connectivity index (χ2v) is 7.33. The zero-order valence-corrected chi connectivity index (χ0v) is 16.1. The number of aryl methyl sites for hydroxylation is 1. The molecule has 0 spiro atoms. The molecule has 0 atom stereocenters. The van der Waals surface area contributed by atoms with E-state index in [9.17, 15) is 4.79 Å². The molecule has 28 heavy (non-hydrogen) atoms. The van der Waals surface area contributed by atoms with Crippen molar-refractivity contribution in [3.63, 3.8) is 0 Å². The van der Waals surface area contributed by atoms with E-state index in [-0.39, 0.29) is 6.03 Å². The highest BCUT2D eigenvalue weighted by Gasteiger charge is 2.25. The van der Waals surface area contributed by atoms with Crippen LogP contribution in [0.4, 0.5) is 10.5 Å². The standard InChI is InChI=1S/C19H22N8O/c1-12(2)7-17-20-9-14-10-27(11-16(14)22-17)19(28)21-15-6-4-5-13(8-15)18-23-25-26(3)24-18/h4-6,8-9,12H,7,10-11H2,1-3H3,(H,21,28). The monoisotopic (exact) mass is 378 g/mol. The van der Waals surface area contributed by atoms with Crippen molar-refractivity contribution in [3.05, 3.63) is 47.5 Å². The van der Waals surface area contributed by atoms with Crippen molar-refractivity contribution < 1.29 is 4.79 Å². The van der Waals surface area contributed by atoms with Crippen molar-refractivity contribution >= 4 is 11.7 Å². The number of aromatic nitrogens is 6. The van der Waals surface area contributed by atoms with Crippen LogP contribution in [0.3, 0.4) is 0 Å². The molecule has 0 saturated heterocycles. The number of benzene rings is 1. The molecular weight excluding hydrogens is 356 g/mol. The fourth-order valence-corrected chi connectivity index (χ4v) is 3.14. The Hall–Kier alpha value is -3.36. The van der Waals surface area contributed by atoms with E-state index in [1.807, 2.05) is 30.5 Å². The maximum absolute atomic E-state index is 12.7. The number of carbonyl (C=O) groups is 1. The number of tetrazole rings is 1. The number of nitrogens with one attached hydrogen (secondary N) is 1. The molecule has 0 fully saturated rings. The Bertz CT molecular complexity index is 1010. The lowest BCUT2D eigenvalue weighted by Gasteiger charge is -2.16. The van der Waals surface area contributed by atoms with E-state index in [0.29, 0.717) is 30.5 Å². The Balaban J connectivity index is 1.44. The van der Waals surface area contributed by atoms with E-state index < -0.39 is 0 Å². The Morgan fingerprint density at radius 3 is 2.89 bits per heavy atom. The average molecular weight is 378 g/mol. The molecular formula is C19H22N8O. The SMILES string of the molecule is CC(C)Cc1ncc2c(n1)CN(C(=O)Nc1cccc(-c3nnn(C)n3)c1)C2. The first-order chi connectivity index (χ1) is 13.5. The number of amides is 2. The smallest absolute Gasteiger partial charge is 0.314 e. The van der Waals surface area contributed by atoms with Gasteiger partial charge < -0.3 is 10.2 Å². The summed E-state index contributed by atoms with van der Waals surface area (Å²) in [6.45, 7) is 5.27. The molecule has 1 aromatic carbocycles. The summed E-state index contributed by atoms with van der Waals surface area (Å²) in [5.41, 5.74) is 3.40. The summed E-state index contributed by atoms with van der Waals surface area (Å²) in [7, 11) is 1.71. The van der Waals surface area contributed by atoms with E-state index >= 15 is 0 Å². The third kappa shape index (κ3) is 3.83. The van der Waals surface area contributed by atoms with E-state index in [1.54, 1.807) is 11.9 Å². The second-order valence-electron chi connectivity index (χ2n) is 7.33. The normalized spacial score (nSPS) is 13.1. The summed E-state index contributed by atoms with van der Waals surface area (Å²) < 4.78 is 0. The first kappa shape index (κ1) is 18.0. The van der Waals surface area contributed by atoms with Gasteiger partial charge in [-0.2, -0.15) is 4.80 Å².